The Kier molecular flexibility index (Phi) is 5.52. The number of amides is 2. The van der Waals surface area contributed by atoms with E-state index in [9.17, 15) is 18.0 Å². The lowest BCUT2D eigenvalue weighted by Crippen LogP contribution is -2.37. The summed E-state index contributed by atoms with van der Waals surface area (Å²) in [5.74, 6) is -0.875. The maximum absolute atomic E-state index is 12.6. The summed E-state index contributed by atoms with van der Waals surface area (Å²) < 4.78 is 23.5. The van der Waals surface area contributed by atoms with E-state index in [2.05, 4.69) is 23.4 Å². The molecule has 25 heavy (non-hydrogen) atoms. The molecule has 2 rings (SSSR count). The monoisotopic (exact) mass is 384 g/mol. The van der Waals surface area contributed by atoms with E-state index < -0.39 is 26.3 Å². The Morgan fingerprint density at radius 3 is 2.40 bits per heavy atom. The lowest BCUT2D eigenvalue weighted by atomic mass is 10.2. The number of rotatable bonds is 5. The van der Waals surface area contributed by atoms with Crippen LogP contribution in [0, 0.1) is 0 Å². The molecule has 2 aliphatic rings. The van der Waals surface area contributed by atoms with Crippen LogP contribution in [0.4, 0.5) is 0 Å². The van der Waals surface area contributed by atoms with Gasteiger partial charge < -0.3 is 0 Å². The van der Waals surface area contributed by atoms with E-state index in [1.54, 1.807) is 20.8 Å². The maximum Gasteiger partial charge on any atom is 0.247 e. The van der Waals surface area contributed by atoms with Crippen molar-refractivity contribution in [2.24, 2.45) is 10.2 Å². The Morgan fingerprint density at radius 2 is 1.84 bits per heavy atom. The fraction of sp³-hybridized carbons (Fsp3) is 0.467. The van der Waals surface area contributed by atoms with Crippen molar-refractivity contribution in [3.8, 4) is 0 Å². The third kappa shape index (κ3) is 3.54. The van der Waals surface area contributed by atoms with E-state index >= 15 is 0 Å². The van der Waals surface area contributed by atoms with Gasteiger partial charge in [0.2, 0.25) is 22.1 Å². The molecule has 0 radical (unpaired) electrons. The highest BCUT2D eigenvalue weighted by atomic mass is 32.2. The first kappa shape index (κ1) is 19.4. The van der Waals surface area contributed by atoms with Crippen LogP contribution >= 0.6 is 0 Å². The van der Waals surface area contributed by atoms with Crippen LogP contribution in [0.25, 0.3) is 0 Å². The van der Waals surface area contributed by atoms with Crippen molar-refractivity contribution in [2.45, 2.75) is 25.5 Å². The average Bonchev–Trinajstić information content (AvgIpc) is 2.86. The molecular formula is C15H20N4O4S2. The lowest BCUT2D eigenvalue weighted by molar-refractivity contribution is -0.128. The number of hydrogen-bond acceptors (Lipinski definition) is 6. The minimum atomic E-state index is -1.73. The molecule has 8 nitrogen and oxygen atoms in total. The van der Waals surface area contributed by atoms with E-state index in [4.69, 9.17) is 0 Å². The normalized spacial score (nSPS) is 29.1. The van der Waals surface area contributed by atoms with Crippen molar-refractivity contribution in [2.75, 3.05) is 18.8 Å². The second-order valence-corrected chi connectivity index (χ2v) is 9.44. The van der Waals surface area contributed by atoms with Crippen molar-refractivity contribution in [1.29, 1.82) is 0 Å². The van der Waals surface area contributed by atoms with Gasteiger partial charge in [0.05, 0.1) is 0 Å². The molecule has 10 heteroatoms. The SMILES string of the molecule is C=CCN1C(=O)CS(=O)C1=NN=C1N(CC(=C)C)C(=O)C(C)(C)S1=O. The molecule has 2 atom stereocenters. The summed E-state index contributed by atoms with van der Waals surface area (Å²) in [7, 11) is -3.36. The number of nitrogens with zero attached hydrogens (tertiary/aromatic N) is 4. The molecule has 2 aliphatic heterocycles. The minimum absolute atomic E-state index is 0.0261. The molecular weight excluding hydrogens is 364 g/mol. The van der Waals surface area contributed by atoms with Crippen LogP contribution in [-0.4, -0.2) is 64.0 Å². The van der Waals surface area contributed by atoms with Crippen LogP contribution in [0.5, 0.6) is 0 Å². The van der Waals surface area contributed by atoms with Gasteiger partial charge in [0, 0.05) is 13.1 Å². The Bertz CT molecular complexity index is 769. The van der Waals surface area contributed by atoms with Gasteiger partial charge in [-0.05, 0) is 20.8 Å². The van der Waals surface area contributed by atoms with Crippen LogP contribution < -0.4 is 0 Å². The summed E-state index contributed by atoms with van der Waals surface area (Å²) in [6.07, 6.45) is 1.48. The highest BCUT2D eigenvalue weighted by Gasteiger charge is 2.50. The second kappa shape index (κ2) is 7.12. The third-order valence-electron chi connectivity index (χ3n) is 3.57. The van der Waals surface area contributed by atoms with Crippen LogP contribution in [0.3, 0.4) is 0 Å². The van der Waals surface area contributed by atoms with E-state index in [-0.39, 0.29) is 41.0 Å². The van der Waals surface area contributed by atoms with Crippen LogP contribution in [0.2, 0.25) is 0 Å². The lowest BCUT2D eigenvalue weighted by Gasteiger charge is -2.16. The number of carbonyl (C=O) groups is 2. The van der Waals surface area contributed by atoms with Crippen molar-refractivity contribution in [1.82, 2.24) is 9.80 Å². The van der Waals surface area contributed by atoms with Crippen molar-refractivity contribution in [3.05, 3.63) is 24.8 Å². The van der Waals surface area contributed by atoms with E-state index in [1.165, 1.54) is 15.9 Å². The molecule has 2 amide bonds. The quantitative estimate of drug-likeness (QED) is 0.504. The van der Waals surface area contributed by atoms with Crippen LogP contribution in [0.1, 0.15) is 20.8 Å². The summed E-state index contributed by atoms with van der Waals surface area (Å²) in [4.78, 5) is 26.8. The Morgan fingerprint density at radius 1 is 1.24 bits per heavy atom. The highest BCUT2D eigenvalue weighted by molar-refractivity contribution is 8.03. The van der Waals surface area contributed by atoms with E-state index in [1.807, 2.05) is 0 Å². The van der Waals surface area contributed by atoms with Gasteiger partial charge in [-0.3, -0.25) is 27.8 Å². The van der Waals surface area contributed by atoms with Gasteiger partial charge >= 0.3 is 0 Å². The van der Waals surface area contributed by atoms with Crippen molar-refractivity contribution < 1.29 is 18.0 Å². The van der Waals surface area contributed by atoms with Crippen molar-refractivity contribution in [3.63, 3.8) is 0 Å². The topological polar surface area (TPSA) is 99.5 Å². The molecule has 0 aromatic heterocycles. The molecule has 0 aromatic rings. The van der Waals surface area contributed by atoms with E-state index in [0.717, 1.165) is 0 Å². The predicted octanol–water partition coefficient (Wildman–Crippen LogP) is 0.336. The molecule has 2 unspecified atom stereocenters. The Labute approximate surface area is 151 Å². The van der Waals surface area contributed by atoms with Crippen LogP contribution in [0.15, 0.2) is 35.0 Å². The predicted molar refractivity (Wildman–Crippen MR) is 98.5 cm³/mol. The smallest absolute Gasteiger partial charge is 0.247 e. The first-order chi connectivity index (χ1) is 11.6. The fourth-order valence-electron chi connectivity index (χ4n) is 2.30. The first-order valence-corrected chi connectivity index (χ1v) is 9.91. The zero-order chi connectivity index (χ0) is 18.9. The molecule has 0 saturated carbocycles. The molecule has 2 saturated heterocycles. The first-order valence-electron chi connectivity index (χ1n) is 7.44. The van der Waals surface area contributed by atoms with Gasteiger partial charge in [-0.2, -0.15) is 0 Å². The Hall–Kier alpha value is -1.94. The molecule has 0 spiro atoms. The zero-order valence-corrected chi connectivity index (χ0v) is 16.0. The third-order valence-corrected chi connectivity index (χ3v) is 6.53. The molecule has 2 heterocycles. The minimum Gasteiger partial charge on any atom is -0.283 e. The number of carbonyl (C=O) groups excluding carboxylic acids is 2. The van der Waals surface area contributed by atoms with Gasteiger partial charge in [0.25, 0.3) is 0 Å². The molecule has 0 aliphatic carbocycles. The summed E-state index contributed by atoms with van der Waals surface area (Å²) in [6, 6.07) is 0. The van der Waals surface area contributed by atoms with Gasteiger partial charge in [-0.25, -0.2) is 0 Å². The van der Waals surface area contributed by atoms with Gasteiger partial charge in [0.1, 0.15) is 32.1 Å². The number of amidine groups is 2. The van der Waals surface area contributed by atoms with Gasteiger partial charge in [0.15, 0.2) is 0 Å². The molecule has 2 fully saturated rings. The van der Waals surface area contributed by atoms with Gasteiger partial charge in [-0.15, -0.1) is 16.8 Å². The van der Waals surface area contributed by atoms with Gasteiger partial charge in [-0.1, -0.05) is 18.2 Å². The molecule has 0 bridgehead atoms. The molecule has 136 valence electrons. The summed E-state index contributed by atoms with van der Waals surface area (Å²) in [5.41, 5.74) is 0.691. The second-order valence-electron chi connectivity index (χ2n) is 6.18. The summed E-state index contributed by atoms with van der Waals surface area (Å²) >= 11 is 0. The maximum atomic E-state index is 12.6. The Balaban J connectivity index is 2.46. The van der Waals surface area contributed by atoms with E-state index in [0.29, 0.717) is 5.57 Å². The summed E-state index contributed by atoms with van der Waals surface area (Å²) in [6.45, 7) is 12.5. The largest absolute Gasteiger partial charge is 0.283 e. The van der Waals surface area contributed by atoms with Crippen molar-refractivity contribution >= 4 is 43.7 Å². The zero-order valence-electron chi connectivity index (χ0n) is 14.4. The fourth-order valence-corrected chi connectivity index (χ4v) is 4.55. The molecule has 0 N–H and O–H groups in total. The average molecular weight is 384 g/mol. The highest BCUT2D eigenvalue weighted by Crippen LogP contribution is 2.28. The standard InChI is InChI=1S/C15H20N4O4S2/c1-6-7-18-11(20)9-24(22)13(18)16-17-14-19(8-10(2)3)12(21)15(4,5)25(14)23/h6H,1-2,7-9H2,3-5H3. The summed E-state index contributed by atoms with van der Waals surface area (Å²) in [5, 5.41) is 7.77. The molecule has 0 aromatic carbocycles. The van der Waals surface area contributed by atoms with Crippen LogP contribution in [-0.2, 0) is 31.2 Å². The number of hydrogen-bond donors (Lipinski definition) is 0.